The largest absolute Gasteiger partial charge is 0.375 e. The van der Waals surface area contributed by atoms with Crippen LogP contribution in [0.2, 0.25) is 0 Å². The van der Waals surface area contributed by atoms with Crippen molar-refractivity contribution in [3.63, 3.8) is 0 Å². The lowest BCUT2D eigenvalue weighted by atomic mass is 10.1. The second-order valence-corrected chi connectivity index (χ2v) is 3.99. The van der Waals surface area contributed by atoms with Gasteiger partial charge in [-0.3, -0.25) is 0 Å². The molecule has 0 fully saturated rings. The van der Waals surface area contributed by atoms with Crippen LogP contribution >= 0.6 is 0 Å². The van der Waals surface area contributed by atoms with Crippen LogP contribution < -0.4 is 5.32 Å². The summed E-state index contributed by atoms with van der Waals surface area (Å²) < 4.78 is 5.67. The summed E-state index contributed by atoms with van der Waals surface area (Å²) in [6, 6.07) is 2.14. The molecule has 0 aromatic heterocycles. The maximum absolute atomic E-state index is 8.78. The monoisotopic (exact) mass is 198 g/mol. The molecule has 82 valence electrons. The van der Waals surface area contributed by atoms with Crippen molar-refractivity contribution in [2.45, 2.75) is 52.2 Å². The molecular weight excluding hydrogens is 176 g/mol. The molecule has 0 saturated carbocycles. The van der Waals surface area contributed by atoms with Crippen LogP contribution in [0, 0.1) is 11.3 Å². The molecule has 0 amide bonds. The number of nitrogens with one attached hydrogen (secondary N) is 1. The number of nitrogens with zero attached hydrogens (tertiary/aromatic N) is 1. The van der Waals surface area contributed by atoms with E-state index in [0.717, 1.165) is 19.4 Å². The predicted molar refractivity (Wildman–Crippen MR) is 58.0 cm³/mol. The van der Waals surface area contributed by atoms with Gasteiger partial charge in [-0.15, -0.1) is 0 Å². The molecule has 1 N–H and O–H groups in total. The van der Waals surface area contributed by atoms with Gasteiger partial charge in [-0.1, -0.05) is 13.8 Å². The Morgan fingerprint density at radius 3 is 2.50 bits per heavy atom. The number of hydrogen-bond donors (Lipinski definition) is 1. The smallest absolute Gasteiger partial charge is 0.0974 e. The van der Waals surface area contributed by atoms with Crippen LogP contribution in [0.1, 0.15) is 40.5 Å². The molecule has 0 aliphatic heterocycles. The van der Waals surface area contributed by atoms with Crippen LogP contribution in [0.5, 0.6) is 0 Å². The van der Waals surface area contributed by atoms with E-state index in [9.17, 15) is 0 Å². The van der Waals surface area contributed by atoms with Gasteiger partial charge in [-0.05, 0) is 33.2 Å². The fourth-order valence-electron chi connectivity index (χ4n) is 1.01. The molecule has 3 heteroatoms. The molecule has 0 aromatic carbocycles. The van der Waals surface area contributed by atoms with Crippen LogP contribution in [0.4, 0.5) is 0 Å². The highest BCUT2D eigenvalue weighted by Gasteiger charge is 2.15. The second kappa shape index (κ2) is 6.80. The maximum atomic E-state index is 8.78. The van der Waals surface area contributed by atoms with E-state index in [0.29, 0.717) is 6.61 Å². The van der Waals surface area contributed by atoms with Gasteiger partial charge in [0.25, 0.3) is 0 Å². The van der Waals surface area contributed by atoms with Crippen molar-refractivity contribution in [2.75, 3.05) is 13.2 Å². The summed E-state index contributed by atoms with van der Waals surface area (Å²) in [6.45, 7) is 9.72. The molecule has 0 aliphatic rings. The van der Waals surface area contributed by atoms with Gasteiger partial charge in [0.1, 0.15) is 0 Å². The number of ether oxygens (including phenoxy) is 1. The van der Waals surface area contributed by atoms with Crippen molar-refractivity contribution < 1.29 is 4.74 Å². The lowest BCUT2D eigenvalue weighted by Gasteiger charge is -2.24. The minimum atomic E-state index is -0.0762. The molecule has 3 nitrogen and oxygen atoms in total. The molecule has 0 rings (SSSR count). The molecule has 0 spiro atoms. The third kappa shape index (κ3) is 5.95. The topological polar surface area (TPSA) is 45.0 Å². The molecule has 0 saturated heterocycles. The minimum Gasteiger partial charge on any atom is -0.375 e. The van der Waals surface area contributed by atoms with Crippen molar-refractivity contribution in [1.29, 1.82) is 5.26 Å². The maximum Gasteiger partial charge on any atom is 0.0974 e. The van der Waals surface area contributed by atoms with Gasteiger partial charge in [-0.25, -0.2) is 0 Å². The molecular formula is C11H22N2O. The van der Waals surface area contributed by atoms with Gasteiger partial charge < -0.3 is 10.1 Å². The molecule has 0 heterocycles. The Hall–Kier alpha value is -0.590. The Bertz CT molecular complexity index is 184. The highest BCUT2D eigenvalue weighted by Crippen LogP contribution is 2.13. The standard InChI is InChI=1S/C11H22N2O/c1-5-11(3,4)14-8-7-10(9-12)13-6-2/h10,13H,5-8H2,1-4H3. The van der Waals surface area contributed by atoms with Crippen LogP contribution in [0.3, 0.4) is 0 Å². The normalized spacial score (nSPS) is 13.6. The van der Waals surface area contributed by atoms with Crippen molar-refractivity contribution in [3.05, 3.63) is 0 Å². The lowest BCUT2D eigenvalue weighted by Crippen LogP contribution is -2.31. The first kappa shape index (κ1) is 13.4. The fraction of sp³-hybridized carbons (Fsp3) is 0.909. The van der Waals surface area contributed by atoms with Crippen LogP contribution in [-0.2, 0) is 4.74 Å². The SMILES string of the molecule is CCNC(C#N)CCOC(C)(C)CC. The van der Waals surface area contributed by atoms with E-state index in [2.05, 4.69) is 32.2 Å². The third-order valence-electron chi connectivity index (χ3n) is 2.36. The number of rotatable bonds is 7. The fourth-order valence-corrected chi connectivity index (χ4v) is 1.01. The van der Waals surface area contributed by atoms with E-state index in [1.165, 1.54) is 0 Å². The van der Waals surface area contributed by atoms with Crippen molar-refractivity contribution in [1.82, 2.24) is 5.32 Å². The van der Waals surface area contributed by atoms with Gasteiger partial charge in [0.05, 0.1) is 17.7 Å². The van der Waals surface area contributed by atoms with Crippen LogP contribution in [0.15, 0.2) is 0 Å². The Kier molecular flexibility index (Phi) is 6.52. The summed E-state index contributed by atoms with van der Waals surface area (Å²) >= 11 is 0. The quantitative estimate of drug-likeness (QED) is 0.681. The van der Waals surface area contributed by atoms with E-state index in [1.54, 1.807) is 0 Å². The summed E-state index contributed by atoms with van der Waals surface area (Å²) in [6.07, 6.45) is 1.75. The lowest BCUT2D eigenvalue weighted by molar-refractivity contribution is -0.0223. The Morgan fingerprint density at radius 2 is 2.07 bits per heavy atom. The van der Waals surface area contributed by atoms with Crippen molar-refractivity contribution in [2.24, 2.45) is 0 Å². The van der Waals surface area contributed by atoms with Gasteiger partial charge >= 0.3 is 0 Å². The average Bonchev–Trinajstić information content (AvgIpc) is 2.16. The Balaban J connectivity index is 3.67. The molecule has 0 bridgehead atoms. The van der Waals surface area contributed by atoms with E-state index in [-0.39, 0.29) is 11.6 Å². The predicted octanol–water partition coefficient (Wildman–Crippen LogP) is 2.08. The third-order valence-corrected chi connectivity index (χ3v) is 2.36. The molecule has 0 aromatic rings. The first-order valence-electron chi connectivity index (χ1n) is 5.32. The zero-order valence-electron chi connectivity index (χ0n) is 9.76. The average molecular weight is 198 g/mol. The number of hydrogen-bond acceptors (Lipinski definition) is 3. The molecule has 1 unspecified atom stereocenters. The van der Waals surface area contributed by atoms with Crippen LogP contribution in [0.25, 0.3) is 0 Å². The first-order chi connectivity index (χ1) is 6.55. The van der Waals surface area contributed by atoms with Gasteiger partial charge in [-0.2, -0.15) is 5.26 Å². The zero-order valence-corrected chi connectivity index (χ0v) is 9.76. The molecule has 1 atom stereocenters. The molecule has 14 heavy (non-hydrogen) atoms. The van der Waals surface area contributed by atoms with Gasteiger partial charge in [0.2, 0.25) is 0 Å². The highest BCUT2D eigenvalue weighted by molar-refractivity contribution is 4.89. The summed E-state index contributed by atoms with van der Waals surface area (Å²) in [4.78, 5) is 0. The van der Waals surface area contributed by atoms with E-state index in [4.69, 9.17) is 10.00 Å². The molecule has 0 aliphatic carbocycles. The highest BCUT2D eigenvalue weighted by atomic mass is 16.5. The van der Waals surface area contributed by atoms with Crippen LogP contribution in [-0.4, -0.2) is 24.8 Å². The van der Waals surface area contributed by atoms with Gasteiger partial charge in [0.15, 0.2) is 0 Å². The minimum absolute atomic E-state index is 0.0633. The van der Waals surface area contributed by atoms with E-state index in [1.807, 2.05) is 6.92 Å². The summed E-state index contributed by atoms with van der Waals surface area (Å²) in [5.41, 5.74) is -0.0633. The Morgan fingerprint density at radius 1 is 1.43 bits per heavy atom. The van der Waals surface area contributed by atoms with Crippen molar-refractivity contribution in [3.8, 4) is 6.07 Å². The molecule has 0 radical (unpaired) electrons. The summed E-state index contributed by atoms with van der Waals surface area (Å²) in [5.74, 6) is 0. The Labute approximate surface area is 87.4 Å². The van der Waals surface area contributed by atoms with E-state index >= 15 is 0 Å². The first-order valence-corrected chi connectivity index (χ1v) is 5.32. The number of nitriles is 1. The van der Waals surface area contributed by atoms with Gasteiger partial charge in [0, 0.05) is 6.61 Å². The second-order valence-electron chi connectivity index (χ2n) is 3.99. The zero-order chi connectivity index (χ0) is 11.0. The van der Waals surface area contributed by atoms with Crippen molar-refractivity contribution >= 4 is 0 Å². The van der Waals surface area contributed by atoms with E-state index < -0.39 is 0 Å². The summed E-state index contributed by atoms with van der Waals surface area (Å²) in [5, 5.41) is 11.9. The summed E-state index contributed by atoms with van der Waals surface area (Å²) in [7, 11) is 0.